The number of carbonyl (C=O) groups excluding carboxylic acids is 3. The van der Waals surface area contributed by atoms with Gasteiger partial charge < -0.3 is 14.6 Å². The van der Waals surface area contributed by atoms with E-state index >= 15 is 0 Å². The second-order valence-corrected chi connectivity index (χ2v) is 16.9. The van der Waals surface area contributed by atoms with Crippen LogP contribution in [0.15, 0.2) is 29.2 Å². The largest absolute Gasteiger partial charge is 0.413 e. The molecule has 2 unspecified atom stereocenters. The molecule has 1 aromatic carbocycles. The highest BCUT2D eigenvalue weighted by atomic mass is 32.2. The summed E-state index contributed by atoms with van der Waals surface area (Å²) in [6.45, 7) is 20.2. The fourth-order valence-corrected chi connectivity index (χ4v) is 6.57. The van der Waals surface area contributed by atoms with Crippen LogP contribution in [0.1, 0.15) is 71.7 Å². The fraction of sp³-hybridized carbons (Fsp3) is 0.667. The third-order valence-corrected chi connectivity index (χ3v) is 13.0. The van der Waals surface area contributed by atoms with E-state index < -0.39 is 14.2 Å². The van der Waals surface area contributed by atoms with E-state index in [1.807, 2.05) is 36.9 Å². The zero-order chi connectivity index (χ0) is 26.6. The maximum Gasteiger partial charge on any atom is 0.255 e. The molecule has 1 fully saturated rings. The van der Waals surface area contributed by atoms with E-state index in [1.54, 1.807) is 6.07 Å². The SMILES string of the molecule is CCCN(CCC)C(=O)c1ccccc1SC(=O)C(C)[C@H]1NC(=O)[C@@H]1C(C)O[Si](C)(C)C(C)(C)C. The van der Waals surface area contributed by atoms with E-state index in [-0.39, 0.29) is 40.0 Å². The van der Waals surface area contributed by atoms with Crippen molar-refractivity contribution >= 4 is 37.0 Å². The van der Waals surface area contributed by atoms with Crippen LogP contribution in [-0.4, -0.2) is 55.4 Å². The van der Waals surface area contributed by atoms with Crippen molar-refractivity contribution in [2.45, 2.75) is 96.5 Å². The van der Waals surface area contributed by atoms with Crippen LogP contribution in [0, 0.1) is 11.8 Å². The normalized spacial score (nSPS) is 20.0. The average molecular weight is 521 g/mol. The molecule has 2 rings (SSSR count). The first-order valence-electron chi connectivity index (χ1n) is 12.8. The number of thioether (sulfide) groups is 1. The van der Waals surface area contributed by atoms with Crippen LogP contribution in [0.5, 0.6) is 0 Å². The molecule has 0 spiro atoms. The summed E-state index contributed by atoms with van der Waals surface area (Å²) >= 11 is 1.10. The van der Waals surface area contributed by atoms with Gasteiger partial charge in [0.1, 0.15) is 0 Å². The average Bonchev–Trinajstić information content (AvgIpc) is 2.75. The monoisotopic (exact) mass is 520 g/mol. The van der Waals surface area contributed by atoms with Crippen LogP contribution in [-0.2, 0) is 14.0 Å². The van der Waals surface area contributed by atoms with Gasteiger partial charge in [-0.2, -0.15) is 0 Å². The molecule has 1 aromatic rings. The Morgan fingerprint density at radius 3 is 2.20 bits per heavy atom. The first-order chi connectivity index (χ1) is 16.2. The van der Waals surface area contributed by atoms with Crippen LogP contribution in [0.25, 0.3) is 0 Å². The van der Waals surface area contributed by atoms with Crippen molar-refractivity contribution in [1.29, 1.82) is 0 Å². The molecule has 1 aliphatic rings. The first kappa shape index (κ1) is 29.6. The molecule has 0 radical (unpaired) electrons. The Balaban J connectivity index is 2.15. The van der Waals surface area contributed by atoms with E-state index in [4.69, 9.17) is 4.43 Å². The lowest BCUT2D eigenvalue weighted by Crippen LogP contribution is -2.66. The lowest BCUT2D eigenvalue weighted by molar-refractivity contribution is -0.143. The van der Waals surface area contributed by atoms with Gasteiger partial charge in [-0.1, -0.05) is 65.4 Å². The van der Waals surface area contributed by atoms with E-state index in [0.29, 0.717) is 23.5 Å². The number of hydrogen-bond acceptors (Lipinski definition) is 5. The van der Waals surface area contributed by atoms with E-state index in [0.717, 1.165) is 24.6 Å². The van der Waals surface area contributed by atoms with Gasteiger partial charge in [0.15, 0.2) is 13.4 Å². The molecule has 0 bridgehead atoms. The van der Waals surface area contributed by atoms with Crippen LogP contribution in [0.4, 0.5) is 0 Å². The summed E-state index contributed by atoms with van der Waals surface area (Å²) in [6.07, 6.45) is 1.50. The number of nitrogens with zero attached hydrogens (tertiary/aromatic N) is 1. The number of β-lactam (4-membered cyclic amide) rings is 1. The molecular weight excluding hydrogens is 476 g/mol. The van der Waals surface area contributed by atoms with Crippen molar-refractivity contribution in [1.82, 2.24) is 10.2 Å². The third kappa shape index (κ3) is 6.98. The molecule has 8 heteroatoms. The molecule has 0 saturated carbocycles. The maximum absolute atomic E-state index is 13.3. The second-order valence-electron chi connectivity index (χ2n) is 11.1. The second kappa shape index (κ2) is 12.1. The number of nitrogens with one attached hydrogen (secondary N) is 1. The van der Waals surface area contributed by atoms with Gasteiger partial charge in [-0.05, 0) is 50.0 Å². The Morgan fingerprint density at radius 2 is 1.69 bits per heavy atom. The highest BCUT2D eigenvalue weighted by Gasteiger charge is 2.50. The molecule has 2 amide bonds. The Labute approximate surface area is 217 Å². The first-order valence-corrected chi connectivity index (χ1v) is 16.6. The van der Waals surface area contributed by atoms with Crippen LogP contribution < -0.4 is 5.32 Å². The number of amides is 2. The minimum atomic E-state index is -2.05. The molecule has 196 valence electrons. The number of carbonyl (C=O) groups is 3. The Kier molecular flexibility index (Phi) is 10.2. The van der Waals surface area contributed by atoms with Crippen molar-refractivity contribution in [2.24, 2.45) is 11.8 Å². The molecule has 0 aromatic heterocycles. The molecule has 1 saturated heterocycles. The fourth-order valence-electron chi connectivity index (χ4n) is 4.18. The summed E-state index contributed by atoms with van der Waals surface area (Å²) in [4.78, 5) is 41.6. The van der Waals surface area contributed by atoms with Crippen LogP contribution in [0.2, 0.25) is 18.1 Å². The van der Waals surface area contributed by atoms with Gasteiger partial charge in [-0.3, -0.25) is 14.4 Å². The van der Waals surface area contributed by atoms with Crippen molar-refractivity contribution in [2.75, 3.05) is 13.1 Å². The zero-order valence-corrected chi connectivity index (χ0v) is 24.8. The smallest absolute Gasteiger partial charge is 0.255 e. The van der Waals surface area contributed by atoms with Gasteiger partial charge in [-0.15, -0.1) is 0 Å². The Bertz CT molecular complexity index is 909. The van der Waals surface area contributed by atoms with E-state index in [1.165, 1.54) is 0 Å². The predicted molar refractivity (Wildman–Crippen MR) is 146 cm³/mol. The summed E-state index contributed by atoms with van der Waals surface area (Å²) in [5.41, 5.74) is 0.559. The minimum Gasteiger partial charge on any atom is -0.413 e. The van der Waals surface area contributed by atoms with Crippen molar-refractivity contribution < 1.29 is 18.8 Å². The molecule has 1 aliphatic heterocycles. The molecular formula is C27H44N2O4SSi. The molecule has 1 N–H and O–H groups in total. The highest BCUT2D eigenvalue weighted by molar-refractivity contribution is 8.13. The molecule has 35 heavy (non-hydrogen) atoms. The Morgan fingerprint density at radius 1 is 1.11 bits per heavy atom. The zero-order valence-electron chi connectivity index (χ0n) is 22.9. The van der Waals surface area contributed by atoms with Gasteiger partial charge in [0.25, 0.3) is 5.91 Å². The van der Waals surface area contributed by atoms with E-state index in [9.17, 15) is 14.4 Å². The molecule has 4 atom stereocenters. The molecule has 1 heterocycles. The van der Waals surface area contributed by atoms with Crippen LogP contribution >= 0.6 is 11.8 Å². The van der Waals surface area contributed by atoms with Gasteiger partial charge in [0.05, 0.1) is 23.6 Å². The number of rotatable bonds is 11. The third-order valence-electron chi connectivity index (χ3n) is 7.30. The minimum absolute atomic E-state index is 0.0357. The van der Waals surface area contributed by atoms with Crippen LogP contribution in [0.3, 0.4) is 0 Å². The molecule has 0 aliphatic carbocycles. The summed E-state index contributed by atoms with van der Waals surface area (Å²) < 4.78 is 6.49. The summed E-state index contributed by atoms with van der Waals surface area (Å²) in [6, 6.07) is 7.04. The van der Waals surface area contributed by atoms with Gasteiger partial charge in [-0.25, -0.2) is 0 Å². The summed E-state index contributed by atoms with van der Waals surface area (Å²) in [5, 5.41) is 2.92. The standard InChI is InChI=1S/C27H44N2O4SSi/c1-10-16-29(17-11-2)25(31)20-14-12-13-15-21(20)34-26(32)18(3)23-22(24(30)28-23)19(4)33-35(8,9)27(5,6)7/h12-15,18-19,22-23H,10-11,16-17H2,1-9H3,(H,28,30)/t18?,19?,22-,23-/m1/s1. The number of hydrogen-bond donors (Lipinski definition) is 1. The lowest BCUT2D eigenvalue weighted by atomic mass is 9.79. The number of benzene rings is 1. The van der Waals surface area contributed by atoms with Gasteiger partial charge >= 0.3 is 0 Å². The maximum atomic E-state index is 13.3. The Hall–Kier alpha value is -1.64. The topological polar surface area (TPSA) is 75.7 Å². The van der Waals surface area contributed by atoms with Gasteiger partial charge in [0.2, 0.25) is 5.91 Å². The summed E-state index contributed by atoms with van der Waals surface area (Å²) in [7, 11) is -2.05. The van der Waals surface area contributed by atoms with Crippen molar-refractivity contribution in [3.8, 4) is 0 Å². The lowest BCUT2D eigenvalue weighted by Gasteiger charge is -2.46. The van der Waals surface area contributed by atoms with Crippen molar-refractivity contribution in [3.63, 3.8) is 0 Å². The van der Waals surface area contributed by atoms with Gasteiger partial charge in [0, 0.05) is 23.9 Å². The quantitative estimate of drug-likeness (QED) is 0.229. The predicted octanol–water partition coefficient (Wildman–Crippen LogP) is 5.73. The van der Waals surface area contributed by atoms with E-state index in [2.05, 4.69) is 53.0 Å². The highest BCUT2D eigenvalue weighted by Crippen LogP contribution is 2.40. The molecule has 6 nitrogen and oxygen atoms in total. The summed E-state index contributed by atoms with van der Waals surface area (Å²) in [5.74, 6) is -0.858. The van der Waals surface area contributed by atoms with Crippen molar-refractivity contribution in [3.05, 3.63) is 29.8 Å².